The molecule has 1 aromatic heterocycles. The third kappa shape index (κ3) is 4.53. The Kier molecular flexibility index (Phi) is 6.08. The number of ether oxygens (including phenoxy) is 2. The molecule has 0 aliphatic heterocycles. The molecule has 0 saturated heterocycles. The van der Waals surface area contributed by atoms with Crippen molar-refractivity contribution in [2.24, 2.45) is 0 Å². The first-order chi connectivity index (χ1) is 12.8. The summed E-state index contributed by atoms with van der Waals surface area (Å²) in [4.78, 5) is 4.24. The molecule has 0 radical (unpaired) electrons. The fourth-order valence-corrected chi connectivity index (χ4v) is 2.62. The number of rotatable bonds is 7. The minimum Gasteiger partial charge on any atom is -0.485 e. The van der Waals surface area contributed by atoms with E-state index in [2.05, 4.69) is 4.98 Å². The normalized spacial score (nSPS) is 10.2. The van der Waals surface area contributed by atoms with Gasteiger partial charge in [0.1, 0.15) is 30.7 Å². The van der Waals surface area contributed by atoms with Crippen LogP contribution in [0.4, 0.5) is 0 Å². The van der Waals surface area contributed by atoms with E-state index in [1.54, 1.807) is 6.07 Å². The Hall–Kier alpha value is -3.03. The van der Waals surface area contributed by atoms with Gasteiger partial charge < -0.3 is 9.47 Å². The highest BCUT2D eigenvalue weighted by Gasteiger charge is 2.16. The second-order valence-electron chi connectivity index (χ2n) is 5.58. The molecule has 0 amide bonds. The van der Waals surface area contributed by atoms with Crippen LogP contribution in [0.2, 0.25) is 0 Å². The average Bonchev–Trinajstić information content (AvgIpc) is 2.72. The van der Waals surface area contributed by atoms with E-state index in [1.165, 1.54) is 0 Å². The minimum atomic E-state index is 0.126. The monoisotopic (exact) mass is 364 g/mol. The first kappa shape index (κ1) is 17.8. The van der Waals surface area contributed by atoms with E-state index in [-0.39, 0.29) is 11.6 Å². The van der Waals surface area contributed by atoms with Crippen molar-refractivity contribution < 1.29 is 9.47 Å². The van der Waals surface area contributed by atoms with Crippen LogP contribution in [0.15, 0.2) is 66.7 Å². The number of hydrogen-bond acceptors (Lipinski definition) is 4. The molecule has 0 atom stereocenters. The molecular formula is C21H17ClN2O2. The Labute approximate surface area is 157 Å². The molecule has 0 aliphatic rings. The van der Waals surface area contributed by atoms with Gasteiger partial charge in [-0.05, 0) is 11.1 Å². The highest BCUT2D eigenvalue weighted by atomic mass is 35.5. The van der Waals surface area contributed by atoms with E-state index in [9.17, 15) is 5.26 Å². The number of hydrogen-bond donors (Lipinski definition) is 0. The zero-order chi connectivity index (χ0) is 18.2. The molecule has 0 spiro atoms. The van der Waals surface area contributed by atoms with Crippen molar-refractivity contribution in [3.63, 3.8) is 0 Å². The van der Waals surface area contributed by atoms with Gasteiger partial charge in [-0.25, -0.2) is 4.98 Å². The number of nitriles is 1. The first-order valence-corrected chi connectivity index (χ1v) is 8.67. The Morgan fingerprint density at radius 1 is 0.885 bits per heavy atom. The van der Waals surface area contributed by atoms with Gasteiger partial charge in [-0.2, -0.15) is 5.26 Å². The summed E-state index contributed by atoms with van der Waals surface area (Å²) in [7, 11) is 0. The van der Waals surface area contributed by atoms with Gasteiger partial charge in [0.25, 0.3) is 0 Å². The van der Waals surface area contributed by atoms with Crippen LogP contribution in [0.3, 0.4) is 0 Å². The van der Waals surface area contributed by atoms with E-state index in [1.807, 2.05) is 66.7 Å². The van der Waals surface area contributed by atoms with E-state index in [4.69, 9.17) is 21.1 Å². The maximum atomic E-state index is 9.21. The fraction of sp³-hybridized carbons (Fsp3) is 0.143. The summed E-state index contributed by atoms with van der Waals surface area (Å²) >= 11 is 6.02. The molecule has 0 N–H and O–H groups in total. The molecule has 0 unspecified atom stereocenters. The quantitative estimate of drug-likeness (QED) is 0.562. The molecule has 5 heteroatoms. The third-order valence-electron chi connectivity index (χ3n) is 3.71. The van der Waals surface area contributed by atoms with Crippen molar-refractivity contribution in [1.29, 1.82) is 5.26 Å². The lowest BCUT2D eigenvalue weighted by Crippen LogP contribution is -2.05. The van der Waals surface area contributed by atoms with Crippen molar-refractivity contribution >= 4 is 11.6 Å². The predicted octanol–water partition coefficient (Wildman–Crippen LogP) is 4.85. The van der Waals surface area contributed by atoms with Crippen LogP contribution in [0, 0.1) is 11.3 Å². The van der Waals surface area contributed by atoms with E-state index in [0.717, 1.165) is 11.1 Å². The van der Waals surface area contributed by atoms with Gasteiger partial charge >= 0.3 is 0 Å². The lowest BCUT2D eigenvalue weighted by atomic mass is 10.2. The van der Waals surface area contributed by atoms with Crippen LogP contribution >= 0.6 is 11.6 Å². The van der Waals surface area contributed by atoms with Crippen molar-refractivity contribution in [2.75, 3.05) is 0 Å². The van der Waals surface area contributed by atoms with Gasteiger partial charge in [0, 0.05) is 6.07 Å². The zero-order valence-electron chi connectivity index (χ0n) is 14.1. The molecule has 0 saturated carbocycles. The fourth-order valence-electron chi connectivity index (χ4n) is 2.43. The summed E-state index contributed by atoms with van der Waals surface area (Å²) in [5, 5.41) is 9.21. The number of pyridine rings is 1. The first-order valence-electron chi connectivity index (χ1n) is 8.13. The average molecular weight is 365 g/mol. The van der Waals surface area contributed by atoms with Crippen LogP contribution in [0.25, 0.3) is 0 Å². The van der Waals surface area contributed by atoms with Gasteiger partial charge in [0.05, 0.1) is 5.88 Å². The molecule has 2 aromatic carbocycles. The highest BCUT2D eigenvalue weighted by Crippen LogP contribution is 2.33. The Bertz CT molecular complexity index is 893. The summed E-state index contributed by atoms with van der Waals surface area (Å²) in [5.41, 5.74) is 2.77. The van der Waals surface area contributed by atoms with E-state index in [0.29, 0.717) is 30.4 Å². The van der Waals surface area contributed by atoms with Crippen LogP contribution < -0.4 is 9.47 Å². The topological polar surface area (TPSA) is 55.1 Å². The second-order valence-corrected chi connectivity index (χ2v) is 5.84. The highest BCUT2D eigenvalue weighted by molar-refractivity contribution is 6.17. The van der Waals surface area contributed by atoms with Gasteiger partial charge in [-0.3, -0.25) is 0 Å². The molecular weight excluding hydrogens is 348 g/mol. The van der Waals surface area contributed by atoms with Crippen molar-refractivity contribution in [3.8, 4) is 17.6 Å². The predicted molar refractivity (Wildman–Crippen MR) is 100 cm³/mol. The lowest BCUT2D eigenvalue weighted by Gasteiger charge is -2.16. The molecule has 4 nitrogen and oxygen atoms in total. The zero-order valence-corrected chi connectivity index (χ0v) is 14.8. The van der Waals surface area contributed by atoms with Crippen molar-refractivity contribution in [2.45, 2.75) is 19.1 Å². The van der Waals surface area contributed by atoms with Gasteiger partial charge in [-0.15, -0.1) is 11.6 Å². The summed E-state index contributed by atoms with van der Waals surface area (Å²) in [6, 6.07) is 23.2. The van der Waals surface area contributed by atoms with Crippen LogP contribution in [0.5, 0.6) is 11.5 Å². The maximum absolute atomic E-state index is 9.21. The molecule has 1 heterocycles. The lowest BCUT2D eigenvalue weighted by molar-refractivity contribution is 0.253. The summed E-state index contributed by atoms with van der Waals surface area (Å²) in [5.74, 6) is 1.06. The Balaban J connectivity index is 1.86. The second kappa shape index (κ2) is 8.89. The number of halogens is 1. The van der Waals surface area contributed by atoms with Crippen LogP contribution in [-0.2, 0) is 19.1 Å². The number of alkyl halides is 1. The van der Waals surface area contributed by atoms with Crippen molar-refractivity contribution in [1.82, 2.24) is 4.98 Å². The largest absolute Gasteiger partial charge is 0.485 e. The molecule has 0 aliphatic carbocycles. The molecule has 26 heavy (non-hydrogen) atoms. The van der Waals surface area contributed by atoms with Crippen molar-refractivity contribution in [3.05, 3.63) is 89.2 Å². The van der Waals surface area contributed by atoms with Gasteiger partial charge in [0.2, 0.25) is 0 Å². The Morgan fingerprint density at radius 3 is 2.00 bits per heavy atom. The number of aromatic nitrogens is 1. The van der Waals surface area contributed by atoms with Gasteiger partial charge in [-0.1, -0.05) is 60.7 Å². The number of nitrogens with zero attached hydrogens (tertiary/aromatic N) is 2. The molecule has 0 fully saturated rings. The Morgan fingerprint density at radius 2 is 1.46 bits per heavy atom. The summed E-state index contributed by atoms with van der Waals surface area (Å²) in [6.07, 6.45) is 0. The standard InChI is InChI=1S/C21H17ClN2O2/c22-12-19-21(26-15-17-9-5-2-6-10-17)20(11-18(13-23)24-19)25-14-16-7-3-1-4-8-16/h1-11H,12,14-15H2. The van der Waals surface area contributed by atoms with E-state index >= 15 is 0 Å². The SMILES string of the molecule is N#Cc1cc(OCc2ccccc2)c(OCc2ccccc2)c(CCl)n1. The maximum Gasteiger partial charge on any atom is 0.184 e. The molecule has 3 aromatic rings. The molecule has 0 bridgehead atoms. The van der Waals surface area contributed by atoms with Crippen LogP contribution in [0.1, 0.15) is 22.5 Å². The molecule has 130 valence electrons. The summed E-state index contributed by atoms with van der Waals surface area (Å²) in [6.45, 7) is 0.721. The molecule has 3 rings (SSSR count). The van der Waals surface area contributed by atoms with Gasteiger partial charge in [0.15, 0.2) is 11.5 Å². The number of benzene rings is 2. The summed E-state index contributed by atoms with van der Waals surface area (Å²) < 4.78 is 11.9. The van der Waals surface area contributed by atoms with Crippen LogP contribution in [-0.4, -0.2) is 4.98 Å². The van der Waals surface area contributed by atoms with E-state index < -0.39 is 0 Å². The third-order valence-corrected chi connectivity index (χ3v) is 3.97. The minimum absolute atomic E-state index is 0.126. The smallest absolute Gasteiger partial charge is 0.184 e.